The highest BCUT2D eigenvalue weighted by atomic mass is 35.5. The molecule has 1 N–H and O–H groups in total. The number of benzene rings is 1. The number of allylic oxidation sites excluding steroid dienone is 2. The standard InChI is InChI=1S/C10H9ClN2O2S/c11-10-7-9(12-16(14,15)13-10)6-8-4-2-1-3-5-8/h1-5,7,12H,6H2. The molecule has 84 valence electrons. The highest BCUT2D eigenvalue weighted by Gasteiger charge is 2.16. The topological polar surface area (TPSA) is 58.5 Å². The van der Waals surface area contributed by atoms with E-state index in [9.17, 15) is 8.42 Å². The molecule has 0 aromatic heterocycles. The fourth-order valence-electron chi connectivity index (χ4n) is 1.41. The summed E-state index contributed by atoms with van der Waals surface area (Å²) in [7, 11) is -3.66. The van der Waals surface area contributed by atoms with Crippen LogP contribution < -0.4 is 4.72 Å². The zero-order valence-electron chi connectivity index (χ0n) is 8.22. The normalized spacial score (nSPS) is 18.3. The van der Waals surface area contributed by atoms with E-state index in [1.54, 1.807) is 0 Å². The van der Waals surface area contributed by atoms with Gasteiger partial charge in [-0.2, -0.15) is 8.42 Å². The molecule has 0 unspecified atom stereocenters. The van der Waals surface area contributed by atoms with Crippen molar-refractivity contribution in [3.63, 3.8) is 0 Å². The van der Waals surface area contributed by atoms with Crippen LogP contribution in [0.2, 0.25) is 0 Å². The Labute approximate surface area is 98.8 Å². The molecule has 1 aliphatic rings. The van der Waals surface area contributed by atoms with Crippen molar-refractivity contribution < 1.29 is 8.42 Å². The highest BCUT2D eigenvalue weighted by molar-refractivity contribution is 7.88. The molecule has 0 saturated carbocycles. The molecule has 1 heterocycles. The van der Waals surface area contributed by atoms with Crippen molar-refractivity contribution >= 4 is 27.0 Å². The summed E-state index contributed by atoms with van der Waals surface area (Å²) in [6.45, 7) is 0. The van der Waals surface area contributed by atoms with Crippen molar-refractivity contribution in [1.82, 2.24) is 4.72 Å². The molecule has 4 nitrogen and oxygen atoms in total. The Hall–Kier alpha value is -1.33. The lowest BCUT2D eigenvalue weighted by Crippen LogP contribution is -2.26. The van der Waals surface area contributed by atoms with Gasteiger partial charge in [-0.1, -0.05) is 41.9 Å². The van der Waals surface area contributed by atoms with Gasteiger partial charge in [0.2, 0.25) is 0 Å². The SMILES string of the molecule is O=S1(=O)N=C(Cl)C=C(Cc2ccccc2)N1. The summed E-state index contributed by atoms with van der Waals surface area (Å²) < 4.78 is 28.1. The predicted octanol–water partition coefficient (Wildman–Crippen LogP) is 1.60. The van der Waals surface area contributed by atoms with E-state index in [4.69, 9.17) is 11.6 Å². The van der Waals surface area contributed by atoms with Crippen LogP contribution in [0.3, 0.4) is 0 Å². The zero-order chi connectivity index (χ0) is 11.6. The summed E-state index contributed by atoms with van der Waals surface area (Å²) in [5.41, 5.74) is 1.52. The Bertz CT molecular complexity index is 549. The van der Waals surface area contributed by atoms with Gasteiger partial charge in [-0.3, -0.25) is 4.72 Å². The number of hydrogen-bond donors (Lipinski definition) is 1. The molecule has 0 atom stereocenters. The molecule has 1 aromatic rings. The second-order valence-electron chi connectivity index (χ2n) is 3.32. The van der Waals surface area contributed by atoms with Gasteiger partial charge in [0.05, 0.1) is 0 Å². The average Bonchev–Trinajstić information content (AvgIpc) is 2.15. The Morgan fingerprint density at radius 1 is 1.25 bits per heavy atom. The van der Waals surface area contributed by atoms with Gasteiger partial charge < -0.3 is 0 Å². The quantitative estimate of drug-likeness (QED) is 0.874. The molecule has 2 rings (SSSR count). The van der Waals surface area contributed by atoms with Crippen LogP contribution in [-0.2, 0) is 16.6 Å². The molecule has 0 fully saturated rings. The maximum atomic E-state index is 11.2. The monoisotopic (exact) mass is 256 g/mol. The van der Waals surface area contributed by atoms with E-state index in [1.165, 1.54) is 6.08 Å². The zero-order valence-corrected chi connectivity index (χ0v) is 9.79. The maximum absolute atomic E-state index is 11.2. The minimum absolute atomic E-state index is 0.0234. The lowest BCUT2D eigenvalue weighted by atomic mass is 10.1. The third-order valence-corrected chi connectivity index (χ3v) is 3.25. The number of halogens is 1. The van der Waals surface area contributed by atoms with Crippen molar-refractivity contribution in [2.24, 2.45) is 4.40 Å². The summed E-state index contributed by atoms with van der Waals surface area (Å²) in [5, 5.41) is -0.0234. The fourth-order valence-corrected chi connectivity index (χ4v) is 2.60. The van der Waals surface area contributed by atoms with Gasteiger partial charge >= 0.3 is 10.2 Å². The largest absolute Gasteiger partial charge is 0.343 e. The lowest BCUT2D eigenvalue weighted by molar-refractivity contribution is 0.589. The number of nitrogens with zero attached hydrogens (tertiary/aromatic N) is 1. The first kappa shape index (κ1) is 11.2. The van der Waals surface area contributed by atoms with Crippen LogP contribution in [0.4, 0.5) is 0 Å². The average molecular weight is 257 g/mol. The molecule has 6 heteroatoms. The molecule has 0 saturated heterocycles. The van der Waals surface area contributed by atoms with Gasteiger partial charge in [-0.15, -0.1) is 4.40 Å². The van der Waals surface area contributed by atoms with Gasteiger partial charge in [0, 0.05) is 12.1 Å². The van der Waals surface area contributed by atoms with Crippen molar-refractivity contribution in [2.75, 3.05) is 0 Å². The van der Waals surface area contributed by atoms with Gasteiger partial charge in [0.15, 0.2) is 0 Å². The second kappa shape index (κ2) is 4.27. The van der Waals surface area contributed by atoms with E-state index in [2.05, 4.69) is 9.12 Å². The summed E-state index contributed by atoms with van der Waals surface area (Å²) in [6, 6.07) is 9.51. The Kier molecular flexibility index (Phi) is 2.98. The van der Waals surface area contributed by atoms with E-state index in [-0.39, 0.29) is 5.17 Å². The minimum atomic E-state index is -3.66. The van der Waals surface area contributed by atoms with Crippen molar-refractivity contribution in [3.8, 4) is 0 Å². The minimum Gasteiger partial charge on any atom is -0.268 e. The first-order valence-corrected chi connectivity index (χ1v) is 6.40. The smallest absolute Gasteiger partial charge is 0.268 e. The summed E-state index contributed by atoms with van der Waals surface area (Å²) in [6.07, 6.45) is 1.99. The molecular formula is C10H9ClN2O2S. The molecule has 0 aliphatic carbocycles. The number of nitrogens with one attached hydrogen (secondary N) is 1. The Balaban J connectivity index is 2.22. The van der Waals surface area contributed by atoms with Crippen molar-refractivity contribution in [2.45, 2.75) is 6.42 Å². The predicted molar refractivity (Wildman–Crippen MR) is 63.6 cm³/mol. The van der Waals surface area contributed by atoms with E-state index in [0.717, 1.165) is 5.56 Å². The summed E-state index contributed by atoms with van der Waals surface area (Å²) >= 11 is 5.62. The molecule has 0 bridgehead atoms. The molecule has 1 aromatic carbocycles. The molecule has 0 amide bonds. The fraction of sp³-hybridized carbons (Fsp3) is 0.100. The van der Waals surface area contributed by atoms with E-state index >= 15 is 0 Å². The molecule has 1 aliphatic heterocycles. The summed E-state index contributed by atoms with van der Waals surface area (Å²) in [4.78, 5) is 0. The Morgan fingerprint density at radius 3 is 2.56 bits per heavy atom. The number of rotatable bonds is 2. The third kappa shape index (κ3) is 2.84. The van der Waals surface area contributed by atoms with Crippen LogP contribution in [-0.4, -0.2) is 13.6 Å². The Morgan fingerprint density at radius 2 is 1.94 bits per heavy atom. The first-order valence-electron chi connectivity index (χ1n) is 4.58. The summed E-state index contributed by atoms with van der Waals surface area (Å²) in [5.74, 6) is 0. The van der Waals surface area contributed by atoms with Crippen molar-refractivity contribution in [1.29, 1.82) is 0 Å². The van der Waals surface area contributed by atoms with Crippen LogP contribution in [0.1, 0.15) is 5.56 Å². The molecule has 0 spiro atoms. The first-order chi connectivity index (χ1) is 7.55. The van der Waals surface area contributed by atoms with Crippen LogP contribution in [0.25, 0.3) is 0 Å². The van der Waals surface area contributed by atoms with Crippen LogP contribution >= 0.6 is 11.6 Å². The van der Waals surface area contributed by atoms with E-state index < -0.39 is 10.2 Å². The van der Waals surface area contributed by atoms with E-state index in [0.29, 0.717) is 12.1 Å². The maximum Gasteiger partial charge on any atom is 0.343 e. The molecular weight excluding hydrogens is 248 g/mol. The number of hydrogen-bond acceptors (Lipinski definition) is 2. The molecule has 0 radical (unpaired) electrons. The highest BCUT2D eigenvalue weighted by Crippen LogP contribution is 2.12. The van der Waals surface area contributed by atoms with Crippen LogP contribution in [0.5, 0.6) is 0 Å². The van der Waals surface area contributed by atoms with Gasteiger partial charge in [0.25, 0.3) is 0 Å². The van der Waals surface area contributed by atoms with Gasteiger partial charge in [-0.05, 0) is 11.6 Å². The third-order valence-electron chi connectivity index (χ3n) is 2.00. The molecule has 16 heavy (non-hydrogen) atoms. The van der Waals surface area contributed by atoms with Crippen LogP contribution in [0, 0.1) is 0 Å². The van der Waals surface area contributed by atoms with Gasteiger partial charge in [-0.25, -0.2) is 0 Å². The lowest BCUT2D eigenvalue weighted by Gasteiger charge is -2.12. The van der Waals surface area contributed by atoms with Crippen molar-refractivity contribution in [3.05, 3.63) is 47.7 Å². The van der Waals surface area contributed by atoms with E-state index in [1.807, 2.05) is 30.3 Å². The van der Waals surface area contributed by atoms with Crippen LogP contribution in [0.15, 0.2) is 46.5 Å². The van der Waals surface area contributed by atoms with Gasteiger partial charge in [0.1, 0.15) is 5.17 Å². The second-order valence-corrected chi connectivity index (χ2v) is 5.05.